The molecule has 0 bridgehead atoms. The fourth-order valence-electron chi connectivity index (χ4n) is 2.11. The molecule has 2 atom stereocenters. The number of nitrogens with zero attached hydrogens (tertiary/aromatic N) is 1. The van der Waals surface area contributed by atoms with Gasteiger partial charge in [0.25, 0.3) is 0 Å². The van der Waals surface area contributed by atoms with Gasteiger partial charge >= 0.3 is 5.97 Å². The van der Waals surface area contributed by atoms with E-state index in [1.165, 1.54) is 6.92 Å². The lowest BCUT2D eigenvalue weighted by Crippen LogP contribution is -2.49. The summed E-state index contributed by atoms with van der Waals surface area (Å²) >= 11 is 1.14. The van der Waals surface area contributed by atoms with Crippen molar-refractivity contribution in [1.29, 1.82) is 0 Å². The van der Waals surface area contributed by atoms with E-state index in [9.17, 15) is 14.4 Å². The Hall–Kier alpha value is -1.04. The molecule has 5 nitrogen and oxygen atoms in total. The van der Waals surface area contributed by atoms with Crippen LogP contribution in [0.5, 0.6) is 0 Å². The standard InChI is InChI=1S/C16H27NO4S/c1-10(9-22-12(3)18)14(19)17(13-7-8-13)11(2)15(20)21-16(4,5)6/h10-11,13H,7-9H2,1-6H3/t10?,11-/m0/s1. The highest BCUT2D eigenvalue weighted by Gasteiger charge is 2.41. The molecular formula is C16H27NO4S. The minimum atomic E-state index is -0.594. The van der Waals surface area contributed by atoms with Crippen molar-refractivity contribution in [2.45, 2.75) is 72.1 Å². The average molecular weight is 329 g/mol. The van der Waals surface area contributed by atoms with Gasteiger partial charge in [-0.05, 0) is 40.5 Å². The second-order valence-electron chi connectivity index (χ2n) is 6.89. The Morgan fingerprint density at radius 2 is 1.77 bits per heavy atom. The molecule has 0 heterocycles. The molecule has 1 aliphatic rings. The zero-order valence-corrected chi connectivity index (χ0v) is 15.2. The van der Waals surface area contributed by atoms with Crippen LogP contribution in [0, 0.1) is 5.92 Å². The first-order chi connectivity index (χ1) is 10.0. The van der Waals surface area contributed by atoms with Gasteiger partial charge in [-0.25, -0.2) is 4.79 Å². The number of rotatable bonds is 6. The highest BCUT2D eigenvalue weighted by Crippen LogP contribution is 2.31. The van der Waals surface area contributed by atoms with Gasteiger partial charge in [0.2, 0.25) is 5.91 Å². The Bertz CT molecular complexity index is 440. The third kappa shape index (κ3) is 5.99. The third-order valence-corrected chi connectivity index (χ3v) is 4.39. The van der Waals surface area contributed by atoms with Crippen molar-refractivity contribution in [2.24, 2.45) is 5.92 Å². The first kappa shape index (κ1) is 19.0. The van der Waals surface area contributed by atoms with Crippen molar-refractivity contribution in [3.8, 4) is 0 Å². The van der Waals surface area contributed by atoms with E-state index in [1.807, 2.05) is 20.8 Å². The normalized spacial score (nSPS) is 17.5. The number of hydrogen-bond acceptors (Lipinski definition) is 5. The van der Waals surface area contributed by atoms with E-state index >= 15 is 0 Å². The van der Waals surface area contributed by atoms with Crippen molar-refractivity contribution < 1.29 is 19.1 Å². The van der Waals surface area contributed by atoms with Crippen LogP contribution in [0.25, 0.3) is 0 Å². The summed E-state index contributed by atoms with van der Waals surface area (Å²) in [5.74, 6) is -0.300. The molecule has 1 fully saturated rings. The molecule has 1 unspecified atom stereocenters. The van der Waals surface area contributed by atoms with Crippen LogP contribution in [0.3, 0.4) is 0 Å². The molecule has 0 N–H and O–H groups in total. The number of hydrogen-bond donors (Lipinski definition) is 0. The lowest BCUT2D eigenvalue weighted by atomic mass is 10.1. The first-order valence-corrected chi connectivity index (χ1v) is 8.70. The largest absolute Gasteiger partial charge is 0.458 e. The minimum Gasteiger partial charge on any atom is -0.458 e. The summed E-state index contributed by atoms with van der Waals surface area (Å²) in [6, 6.07) is -0.469. The van der Waals surface area contributed by atoms with Gasteiger partial charge < -0.3 is 9.64 Å². The van der Waals surface area contributed by atoms with Crippen LogP contribution in [0.4, 0.5) is 0 Å². The van der Waals surface area contributed by atoms with Crippen LogP contribution in [0.15, 0.2) is 0 Å². The maximum atomic E-state index is 12.6. The van der Waals surface area contributed by atoms with E-state index in [-0.39, 0.29) is 29.0 Å². The van der Waals surface area contributed by atoms with Crippen molar-refractivity contribution in [1.82, 2.24) is 4.90 Å². The Morgan fingerprint density at radius 1 is 1.23 bits per heavy atom. The van der Waals surface area contributed by atoms with Gasteiger partial charge in [0.15, 0.2) is 5.12 Å². The fourth-order valence-corrected chi connectivity index (χ4v) is 2.74. The van der Waals surface area contributed by atoms with Crippen LogP contribution >= 0.6 is 11.8 Å². The molecule has 0 aromatic rings. The molecule has 0 aromatic heterocycles. The van der Waals surface area contributed by atoms with Crippen LogP contribution in [0.2, 0.25) is 0 Å². The summed E-state index contributed by atoms with van der Waals surface area (Å²) in [6.45, 7) is 10.4. The zero-order valence-electron chi connectivity index (χ0n) is 14.3. The maximum Gasteiger partial charge on any atom is 0.329 e. The molecule has 0 aromatic carbocycles. The number of carbonyl (C=O) groups excluding carboxylic acids is 3. The molecule has 0 aliphatic heterocycles. The van der Waals surface area contributed by atoms with Crippen molar-refractivity contribution in [3.05, 3.63) is 0 Å². The number of carbonyl (C=O) groups is 3. The van der Waals surface area contributed by atoms with E-state index in [4.69, 9.17) is 4.74 Å². The molecule has 1 saturated carbocycles. The molecule has 1 rings (SSSR count). The highest BCUT2D eigenvalue weighted by atomic mass is 32.2. The van der Waals surface area contributed by atoms with Crippen LogP contribution in [-0.4, -0.2) is 45.3 Å². The monoisotopic (exact) mass is 329 g/mol. The fraction of sp³-hybridized carbons (Fsp3) is 0.812. The highest BCUT2D eigenvalue weighted by molar-refractivity contribution is 8.13. The van der Waals surface area contributed by atoms with Crippen molar-refractivity contribution in [2.75, 3.05) is 5.75 Å². The second kappa shape index (κ2) is 7.49. The molecule has 6 heteroatoms. The molecule has 22 heavy (non-hydrogen) atoms. The summed E-state index contributed by atoms with van der Waals surface area (Å²) in [5, 5.41) is -0.00203. The summed E-state index contributed by atoms with van der Waals surface area (Å²) in [6.07, 6.45) is 1.84. The van der Waals surface area contributed by atoms with E-state index in [0.29, 0.717) is 5.75 Å². The summed E-state index contributed by atoms with van der Waals surface area (Å²) in [4.78, 5) is 37.6. The third-order valence-electron chi connectivity index (χ3n) is 3.32. The smallest absolute Gasteiger partial charge is 0.329 e. The van der Waals surface area contributed by atoms with E-state index in [1.54, 1.807) is 18.7 Å². The number of esters is 1. The van der Waals surface area contributed by atoms with E-state index in [2.05, 4.69) is 0 Å². The minimum absolute atomic E-state index is 0.00203. The molecule has 126 valence electrons. The van der Waals surface area contributed by atoms with Crippen LogP contribution in [-0.2, 0) is 19.1 Å². The predicted molar refractivity (Wildman–Crippen MR) is 87.5 cm³/mol. The Morgan fingerprint density at radius 3 is 2.18 bits per heavy atom. The molecular weight excluding hydrogens is 302 g/mol. The Balaban J connectivity index is 2.73. The molecule has 1 amide bonds. The summed E-state index contributed by atoms with van der Waals surface area (Å²) < 4.78 is 5.39. The van der Waals surface area contributed by atoms with E-state index in [0.717, 1.165) is 24.6 Å². The van der Waals surface area contributed by atoms with Crippen LogP contribution < -0.4 is 0 Å². The van der Waals surface area contributed by atoms with Gasteiger partial charge in [-0.15, -0.1) is 0 Å². The molecule has 0 radical (unpaired) electrons. The molecule has 1 aliphatic carbocycles. The SMILES string of the molecule is CC(=O)SCC(C)C(=O)N(C1CC1)[C@@H](C)C(=O)OC(C)(C)C. The zero-order chi connectivity index (χ0) is 17.1. The van der Waals surface area contributed by atoms with Gasteiger partial charge in [-0.3, -0.25) is 9.59 Å². The number of thioether (sulfide) groups is 1. The number of ether oxygens (including phenoxy) is 1. The quantitative estimate of drug-likeness (QED) is 0.701. The van der Waals surface area contributed by atoms with Gasteiger partial charge in [0.05, 0.1) is 0 Å². The summed E-state index contributed by atoms with van der Waals surface area (Å²) in [5.41, 5.74) is -0.570. The lowest BCUT2D eigenvalue weighted by Gasteiger charge is -2.32. The van der Waals surface area contributed by atoms with Gasteiger partial charge in [-0.2, -0.15) is 0 Å². The van der Waals surface area contributed by atoms with Gasteiger partial charge in [0, 0.05) is 24.6 Å². The summed E-state index contributed by atoms with van der Waals surface area (Å²) in [7, 11) is 0. The maximum absolute atomic E-state index is 12.6. The van der Waals surface area contributed by atoms with Crippen LogP contribution in [0.1, 0.15) is 54.4 Å². The predicted octanol–water partition coefficient (Wildman–Crippen LogP) is 2.62. The van der Waals surface area contributed by atoms with Crippen molar-refractivity contribution >= 4 is 28.8 Å². The van der Waals surface area contributed by atoms with Gasteiger partial charge in [0.1, 0.15) is 11.6 Å². The van der Waals surface area contributed by atoms with Crippen molar-refractivity contribution in [3.63, 3.8) is 0 Å². The van der Waals surface area contributed by atoms with Gasteiger partial charge in [-0.1, -0.05) is 18.7 Å². The van der Waals surface area contributed by atoms with E-state index < -0.39 is 11.6 Å². The molecule has 0 saturated heterocycles. The first-order valence-electron chi connectivity index (χ1n) is 7.71. The Labute approximate surface area is 137 Å². The Kier molecular flexibility index (Phi) is 6.47. The molecule has 0 spiro atoms. The second-order valence-corrected chi connectivity index (χ2v) is 8.09. The topological polar surface area (TPSA) is 63.7 Å². The average Bonchev–Trinajstić information content (AvgIpc) is 3.18. The lowest BCUT2D eigenvalue weighted by molar-refractivity contribution is -0.165. The number of amides is 1.